The van der Waals surface area contributed by atoms with E-state index in [1.54, 1.807) is 36.4 Å². The molecule has 3 heterocycles. The lowest BCUT2D eigenvalue weighted by Gasteiger charge is -2.46. The molecule has 2 aliphatic heterocycles. The zero-order valence-corrected chi connectivity index (χ0v) is 18.9. The molecule has 0 radical (unpaired) electrons. The summed E-state index contributed by atoms with van der Waals surface area (Å²) in [5.41, 5.74) is 1.90. The Kier molecular flexibility index (Phi) is 4.64. The molecule has 2 aromatic rings. The van der Waals surface area contributed by atoms with Gasteiger partial charge in [0.1, 0.15) is 15.6 Å². The second kappa shape index (κ2) is 6.54. The Morgan fingerprint density at radius 2 is 1.79 bits per heavy atom. The number of sulfone groups is 1. The molecule has 2 atom stereocenters. The van der Waals surface area contributed by atoms with Gasteiger partial charge < -0.3 is 4.74 Å². The lowest BCUT2D eigenvalue weighted by Crippen LogP contribution is -2.48. The van der Waals surface area contributed by atoms with Crippen molar-refractivity contribution in [1.82, 2.24) is 0 Å². The molecular formula is C21H24O4S3. The van der Waals surface area contributed by atoms with Crippen LogP contribution in [0.2, 0.25) is 0 Å². The predicted molar refractivity (Wildman–Crippen MR) is 113 cm³/mol. The van der Waals surface area contributed by atoms with Crippen LogP contribution in [0.5, 0.6) is 5.75 Å². The molecule has 1 spiro atoms. The van der Waals surface area contributed by atoms with Gasteiger partial charge in [-0.15, -0.1) is 11.3 Å². The van der Waals surface area contributed by atoms with Crippen LogP contribution in [0.25, 0.3) is 0 Å². The normalized spacial score (nSPS) is 26.8. The number of rotatable bonds is 2. The van der Waals surface area contributed by atoms with Crippen LogP contribution in [0.3, 0.4) is 0 Å². The van der Waals surface area contributed by atoms with Crippen molar-refractivity contribution in [3.63, 3.8) is 0 Å². The molecule has 0 amide bonds. The van der Waals surface area contributed by atoms with Gasteiger partial charge >= 0.3 is 0 Å². The minimum Gasteiger partial charge on any atom is -0.487 e. The quantitative estimate of drug-likeness (QED) is 0.633. The van der Waals surface area contributed by atoms with Crippen molar-refractivity contribution in [3.8, 4) is 5.75 Å². The topological polar surface area (TPSA) is 60.4 Å². The first kappa shape index (κ1) is 19.9. The highest BCUT2D eigenvalue weighted by atomic mass is 32.2. The van der Waals surface area contributed by atoms with Gasteiger partial charge in [0.05, 0.1) is 14.5 Å². The monoisotopic (exact) mass is 436 g/mol. The highest BCUT2D eigenvalue weighted by Gasteiger charge is 2.52. The zero-order chi connectivity index (χ0) is 20.3. The largest absolute Gasteiger partial charge is 0.487 e. The maximum atomic E-state index is 13.4. The fourth-order valence-corrected chi connectivity index (χ4v) is 9.54. The van der Waals surface area contributed by atoms with Gasteiger partial charge in [0.15, 0.2) is 0 Å². The highest BCUT2D eigenvalue weighted by Crippen LogP contribution is 2.56. The lowest BCUT2D eigenvalue weighted by atomic mass is 9.83. The zero-order valence-electron chi connectivity index (χ0n) is 16.4. The molecule has 0 aliphatic carbocycles. The Morgan fingerprint density at radius 1 is 1.11 bits per heavy atom. The van der Waals surface area contributed by atoms with Gasteiger partial charge in [-0.1, -0.05) is 29.3 Å². The Morgan fingerprint density at radius 3 is 2.46 bits per heavy atom. The number of allylic oxidation sites excluding steroid dienone is 1. The highest BCUT2D eigenvalue weighted by molar-refractivity contribution is 7.93. The summed E-state index contributed by atoms with van der Waals surface area (Å²) >= 11 is 1.22. The summed E-state index contributed by atoms with van der Waals surface area (Å²) in [5, 5.41) is 0. The molecule has 0 saturated heterocycles. The smallest absolute Gasteiger partial charge is 0.216 e. The van der Waals surface area contributed by atoms with Crippen molar-refractivity contribution in [2.75, 3.05) is 5.75 Å². The van der Waals surface area contributed by atoms with Crippen LogP contribution < -0.4 is 4.74 Å². The van der Waals surface area contributed by atoms with Crippen LogP contribution in [0, 0.1) is 0 Å². The molecule has 4 rings (SSSR count). The summed E-state index contributed by atoms with van der Waals surface area (Å²) in [6.45, 7) is 8.09. The molecule has 0 saturated carbocycles. The molecule has 0 N–H and O–H groups in total. The fourth-order valence-electron chi connectivity index (χ4n) is 4.14. The van der Waals surface area contributed by atoms with Crippen molar-refractivity contribution in [2.45, 2.75) is 60.0 Å². The summed E-state index contributed by atoms with van der Waals surface area (Å²) in [4.78, 5) is 1.07. The van der Waals surface area contributed by atoms with E-state index in [-0.39, 0.29) is 9.10 Å². The number of fused-ring (bicyclic) bond motifs is 2. The number of benzene rings is 1. The van der Waals surface area contributed by atoms with E-state index < -0.39 is 31.0 Å². The first-order chi connectivity index (χ1) is 13.1. The molecule has 7 heteroatoms. The van der Waals surface area contributed by atoms with Crippen LogP contribution in [0.15, 0.2) is 56.6 Å². The molecule has 28 heavy (non-hydrogen) atoms. The van der Waals surface area contributed by atoms with Crippen LogP contribution in [0.1, 0.15) is 45.4 Å². The molecular weight excluding hydrogens is 412 g/mol. The third-order valence-electron chi connectivity index (χ3n) is 5.57. The van der Waals surface area contributed by atoms with E-state index in [9.17, 15) is 12.6 Å². The molecule has 4 nitrogen and oxygen atoms in total. The van der Waals surface area contributed by atoms with E-state index in [0.717, 1.165) is 4.88 Å². The molecule has 0 bridgehead atoms. The van der Waals surface area contributed by atoms with Crippen LogP contribution in [0.4, 0.5) is 0 Å². The van der Waals surface area contributed by atoms with Gasteiger partial charge in [-0.2, -0.15) is 0 Å². The molecule has 0 unspecified atom stereocenters. The Bertz CT molecular complexity index is 1090. The standard InChI is InChI=1S/C21H24O4S3/c1-14-11-21(27(22)12-15(14)2)13-20(3,4)25-17-10-18(26-19(17)21)28(23,24)16-8-6-5-7-9-16/h5-10H,11-13H2,1-4H3/t21-,27-/m1/s1. The Balaban J connectivity index is 1.90. The van der Waals surface area contributed by atoms with E-state index in [2.05, 4.69) is 6.92 Å². The summed E-state index contributed by atoms with van der Waals surface area (Å²) in [7, 11) is -4.76. The number of hydrogen-bond donors (Lipinski definition) is 0. The van der Waals surface area contributed by atoms with E-state index in [1.807, 2.05) is 20.8 Å². The summed E-state index contributed by atoms with van der Waals surface area (Å²) < 4.78 is 45.5. The Labute approximate surface area is 173 Å². The van der Waals surface area contributed by atoms with Crippen molar-refractivity contribution in [1.29, 1.82) is 0 Å². The first-order valence-corrected chi connectivity index (χ1v) is 12.8. The van der Waals surface area contributed by atoms with E-state index >= 15 is 0 Å². The molecule has 1 aromatic carbocycles. The van der Waals surface area contributed by atoms with E-state index in [1.165, 1.54) is 22.5 Å². The van der Waals surface area contributed by atoms with Crippen molar-refractivity contribution in [2.24, 2.45) is 0 Å². The summed E-state index contributed by atoms with van der Waals surface area (Å²) in [6, 6.07) is 10.1. The fraction of sp³-hybridized carbons (Fsp3) is 0.429. The van der Waals surface area contributed by atoms with Gasteiger partial charge in [0, 0.05) is 29.0 Å². The van der Waals surface area contributed by atoms with E-state index in [0.29, 0.717) is 24.3 Å². The number of thiophene rings is 1. The lowest BCUT2D eigenvalue weighted by molar-refractivity contribution is 0.0658. The predicted octanol–water partition coefficient (Wildman–Crippen LogP) is 4.83. The molecule has 1 aromatic heterocycles. The SMILES string of the molecule is CC1=C(C)C[C@]2(CC(C)(C)Oc3cc(S(=O)(=O)c4ccccc4)sc32)[S@](=O)C1. The molecule has 150 valence electrons. The van der Waals surface area contributed by atoms with Gasteiger partial charge in [-0.3, -0.25) is 4.21 Å². The first-order valence-electron chi connectivity index (χ1n) is 9.22. The third-order valence-corrected chi connectivity index (χ3v) is 11.3. The van der Waals surface area contributed by atoms with Crippen LogP contribution in [-0.2, 0) is 25.4 Å². The minimum absolute atomic E-state index is 0.252. The molecule has 0 fully saturated rings. The Hall–Kier alpha value is -1.44. The van der Waals surface area contributed by atoms with Crippen molar-refractivity contribution in [3.05, 3.63) is 52.4 Å². The third kappa shape index (κ3) is 3.08. The maximum Gasteiger partial charge on any atom is 0.216 e. The summed E-state index contributed by atoms with van der Waals surface area (Å²) in [6.07, 6.45) is 1.28. The average Bonchev–Trinajstić information content (AvgIpc) is 3.05. The van der Waals surface area contributed by atoms with E-state index in [4.69, 9.17) is 4.74 Å². The number of hydrogen-bond acceptors (Lipinski definition) is 5. The van der Waals surface area contributed by atoms with Gasteiger partial charge in [0.25, 0.3) is 0 Å². The van der Waals surface area contributed by atoms with Gasteiger partial charge in [0.2, 0.25) is 9.84 Å². The van der Waals surface area contributed by atoms with Gasteiger partial charge in [-0.25, -0.2) is 8.42 Å². The molecule has 2 aliphatic rings. The summed E-state index contributed by atoms with van der Waals surface area (Å²) in [5.74, 6) is 1.09. The second-order valence-electron chi connectivity index (χ2n) is 8.34. The number of ether oxygens (including phenoxy) is 1. The maximum absolute atomic E-state index is 13.4. The van der Waals surface area contributed by atoms with Crippen molar-refractivity contribution >= 4 is 32.0 Å². The van der Waals surface area contributed by atoms with Crippen LogP contribution in [-0.4, -0.2) is 24.0 Å². The van der Waals surface area contributed by atoms with Gasteiger partial charge in [-0.05, 0) is 46.2 Å². The minimum atomic E-state index is -3.64. The van der Waals surface area contributed by atoms with Crippen molar-refractivity contribution < 1.29 is 17.4 Å². The second-order valence-corrected chi connectivity index (χ2v) is 13.3. The average molecular weight is 437 g/mol. The van der Waals surface area contributed by atoms with Crippen LogP contribution >= 0.6 is 11.3 Å².